The summed E-state index contributed by atoms with van der Waals surface area (Å²) in [7, 11) is 0. The molecule has 0 aliphatic rings. The van der Waals surface area contributed by atoms with Crippen LogP contribution in [0.25, 0.3) is 0 Å². The molecule has 1 aromatic rings. The third kappa shape index (κ3) is 2.21. The van der Waals surface area contributed by atoms with Crippen LogP contribution in [-0.4, -0.2) is 6.29 Å². The minimum Gasteiger partial charge on any atom is -0.289 e. The quantitative estimate of drug-likeness (QED) is 0.471. The van der Waals surface area contributed by atoms with Gasteiger partial charge in [-0.05, 0) is 34.0 Å². The van der Waals surface area contributed by atoms with E-state index in [1.165, 1.54) is 0 Å². The lowest BCUT2D eigenvalue weighted by Gasteiger charge is -1.91. The summed E-state index contributed by atoms with van der Waals surface area (Å²) in [6.07, 6.45) is 0.583. The molecule has 1 rings (SSSR count). The molecule has 2 heteroatoms. The van der Waals surface area contributed by atoms with Crippen molar-refractivity contribution in [3.05, 3.63) is 34.3 Å². The first-order valence-electron chi connectivity index (χ1n) is 3.04. The molecule has 0 spiro atoms. The summed E-state index contributed by atoms with van der Waals surface area (Å²) < 4.78 is 0.911. The first kappa shape index (κ1) is 8.03. The van der Waals surface area contributed by atoms with Gasteiger partial charge in [-0.2, -0.15) is 0 Å². The molecule has 0 N–H and O–H groups in total. The van der Waals surface area contributed by atoms with E-state index in [2.05, 4.69) is 27.8 Å². The Morgan fingerprint density at radius 1 is 1.36 bits per heavy atom. The highest BCUT2D eigenvalue weighted by molar-refractivity contribution is 9.10. The van der Waals surface area contributed by atoms with E-state index in [9.17, 15) is 4.79 Å². The minimum atomic E-state index is 0.583. The van der Waals surface area contributed by atoms with Gasteiger partial charge in [0.05, 0.1) is 0 Å². The summed E-state index contributed by atoms with van der Waals surface area (Å²) in [6, 6.07) is 7.51. The standard InChI is InChI=1S/C9H5BrO/c10-9-6-2-1-4-8(9)5-3-7-11/h1-2,4,6-7H. The number of hydrogen-bond acceptors (Lipinski definition) is 1. The fourth-order valence-electron chi connectivity index (χ4n) is 0.670. The molecule has 11 heavy (non-hydrogen) atoms. The van der Waals surface area contributed by atoms with Gasteiger partial charge in [-0.15, -0.1) is 0 Å². The molecule has 0 aliphatic heterocycles. The third-order valence-electron chi connectivity index (χ3n) is 1.14. The van der Waals surface area contributed by atoms with Crippen LogP contribution in [0.3, 0.4) is 0 Å². The fourth-order valence-corrected chi connectivity index (χ4v) is 1.05. The van der Waals surface area contributed by atoms with Crippen molar-refractivity contribution >= 4 is 22.2 Å². The van der Waals surface area contributed by atoms with Gasteiger partial charge in [-0.1, -0.05) is 18.1 Å². The molecule has 1 nitrogen and oxygen atoms in total. The second kappa shape index (κ2) is 3.95. The number of halogens is 1. The highest BCUT2D eigenvalue weighted by atomic mass is 79.9. The largest absolute Gasteiger partial charge is 0.289 e. The Bertz CT molecular complexity index is 320. The van der Waals surface area contributed by atoms with E-state index in [1.807, 2.05) is 24.3 Å². The molecule has 0 aromatic heterocycles. The summed E-state index contributed by atoms with van der Waals surface area (Å²) in [4.78, 5) is 9.90. The number of rotatable bonds is 0. The van der Waals surface area contributed by atoms with Gasteiger partial charge in [0.1, 0.15) is 0 Å². The van der Waals surface area contributed by atoms with Crippen LogP contribution in [0.1, 0.15) is 5.56 Å². The normalized spacial score (nSPS) is 8.09. The molecule has 0 saturated carbocycles. The minimum absolute atomic E-state index is 0.583. The first-order chi connectivity index (χ1) is 5.34. The molecule has 0 saturated heterocycles. The summed E-state index contributed by atoms with van der Waals surface area (Å²) in [6.45, 7) is 0. The summed E-state index contributed by atoms with van der Waals surface area (Å²) in [5.41, 5.74) is 0.833. The van der Waals surface area contributed by atoms with Gasteiger partial charge in [0.2, 0.25) is 0 Å². The van der Waals surface area contributed by atoms with E-state index >= 15 is 0 Å². The fraction of sp³-hybridized carbons (Fsp3) is 0. The van der Waals surface area contributed by atoms with Crippen molar-refractivity contribution in [2.75, 3.05) is 0 Å². The van der Waals surface area contributed by atoms with Crippen molar-refractivity contribution in [2.45, 2.75) is 0 Å². The number of benzene rings is 1. The van der Waals surface area contributed by atoms with Gasteiger partial charge in [0.15, 0.2) is 6.29 Å². The van der Waals surface area contributed by atoms with Crippen LogP contribution in [0.15, 0.2) is 28.7 Å². The molecule has 54 valence electrons. The van der Waals surface area contributed by atoms with Crippen molar-refractivity contribution < 1.29 is 4.79 Å². The van der Waals surface area contributed by atoms with Crippen molar-refractivity contribution in [1.29, 1.82) is 0 Å². The first-order valence-corrected chi connectivity index (χ1v) is 3.83. The highest BCUT2D eigenvalue weighted by Crippen LogP contribution is 2.13. The second-order valence-corrected chi connectivity index (χ2v) is 2.72. The average molecular weight is 209 g/mol. The van der Waals surface area contributed by atoms with Crippen molar-refractivity contribution in [3.8, 4) is 11.8 Å². The molecule has 0 unspecified atom stereocenters. The number of aldehydes is 1. The van der Waals surface area contributed by atoms with Crippen molar-refractivity contribution in [2.24, 2.45) is 0 Å². The van der Waals surface area contributed by atoms with Gasteiger partial charge >= 0.3 is 0 Å². The lowest BCUT2D eigenvalue weighted by Crippen LogP contribution is -1.75. The van der Waals surface area contributed by atoms with E-state index in [0.29, 0.717) is 6.29 Å². The predicted molar refractivity (Wildman–Crippen MR) is 47.1 cm³/mol. The Labute approximate surface area is 73.6 Å². The SMILES string of the molecule is O=CC#Cc1ccccc1Br. The number of carbonyl (C=O) groups is 1. The van der Waals surface area contributed by atoms with E-state index in [4.69, 9.17) is 0 Å². The maximum atomic E-state index is 9.90. The monoisotopic (exact) mass is 208 g/mol. The summed E-state index contributed by atoms with van der Waals surface area (Å²) in [5, 5.41) is 0. The van der Waals surface area contributed by atoms with Crippen LogP contribution in [0.5, 0.6) is 0 Å². The molecule has 0 atom stereocenters. The molecule has 0 fully saturated rings. The molecule has 0 radical (unpaired) electrons. The molecule has 1 aromatic carbocycles. The van der Waals surface area contributed by atoms with Gasteiger partial charge in [-0.3, -0.25) is 4.79 Å². The van der Waals surface area contributed by atoms with Crippen LogP contribution >= 0.6 is 15.9 Å². The molecular weight excluding hydrogens is 204 g/mol. The Morgan fingerprint density at radius 2 is 2.09 bits per heavy atom. The Kier molecular flexibility index (Phi) is 2.88. The van der Waals surface area contributed by atoms with Gasteiger partial charge in [0.25, 0.3) is 0 Å². The van der Waals surface area contributed by atoms with Crippen LogP contribution in [0.4, 0.5) is 0 Å². The van der Waals surface area contributed by atoms with E-state index in [0.717, 1.165) is 10.0 Å². The Morgan fingerprint density at radius 3 is 2.73 bits per heavy atom. The predicted octanol–water partition coefficient (Wildman–Crippen LogP) is 2.00. The maximum absolute atomic E-state index is 9.90. The van der Waals surface area contributed by atoms with E-state index in [-0.39, 0.29) is 0 Å². The number of hydrogen-bond donors (Lipinski definition) is 0. The van der Waals surface area contributed by atoms with Gasteiger partial charge in [-0.25, -0.2) is 0 Å². The van der Waals surface area contributed by atoms with Crippen molar-refractivity contribution in [3.63, 3.8) is 0 Å². The highest BCUT2D eigenvalue weighted by Gasteiger charge is 1.90. The molecular formula is C9H5BrO. The van der Waals surface area contributed by atoms with Crippen LogP contribution in [0, 0.1) is 11.8 Å². The summed E-state index contributed by atoms with van der Waals surface area (Å²) >= 11 is 3.31. The smallest absolute Gasteiger partial charge is 0.193 e. The van der Waals surface area contributed by atoms with Gasteiger partial charge in [0, 0.05) is 10.0 Å². The topological polar surface area (TPSA) is 17.1 Å². The average Bonchev–Trinajstić information content (AvgIpc) is 2.03. The lowest BCUT2D eigenvalue weighted by molar-refractivity contribution is -0.103. The van der Waals surface area contributed by atoms with Crippen LogP contribution in [0.2, 0.25) is 0 Å². The molecule has 0 aliphatic carbocycles. The Balaban J connectivity index is 3.03. The zero-order valence-electron chi connectivity index (χ0n) is 5.67. The van der Waals surface area contributed by atoms with Gasteiger partial charge < -0.3 is 0 Å². The van der Waals surface area contributed by atoms with Crippen molar-refractivity contribution in [1.82, 2.24) is 0 Å². The van der Waals surface area contributed by atoms with E-state index in [1.54, 1.807) is 0 Å². The zero-order chi connectivity index (χ0) is 8.10. The van der Waals surface area contributed by atoms with Crippen LogP contribution < -0.4 is 0 Å². The third-order valence-corrected chi connectivity index (χ3v) is 1.83. The second-order valence-electron chi connectivity index (χ2n) is 1.87. The zero-order valence-corrected chi connectivity index (χ0v) is 7.26. The Hall–Kier alpha value is -1.07. The van der Waals surface area contributed by atoms with Crippen LogP contribution in [-0.2, 0) is 4.79 Å². The molecule has 0 bridgehead atoms. The lowest BCUT2D eigenvalue weighted by atomic mass is 10.2. The molecule has 0 heterocycles. The maximum Gasteiger partial charge on any atom is 0.193 e. The summed E-state index contributed by atoms with van der Waals surface area (Å²) in [5.74, 6) is 5.04. The number of carbonyl (C=O) groups excluding carboxylic acids is 1. The molecule has 0 amide bonds. The van der Waals surface area contributed by atoms with E-state index < -0.39 is 0 Å².